The third-order valence-electron chi connectivity index (χ3n) is 3.31. The molecule has 8 heteroatoms. The molecule has 0 atom stereocenters. The van der Waals surface area contributed by atoms with E-state index in [2.05, 4.69) is 10.5 Å². The molecule has 0 aliphatic carbocycles. The molecular weight excluding hydrogens is 345 g/mol. The Bertz CT molecular complexity index is 880. The molecule has 0 heterocycles. The summed E-state index contributed by atoms with van der Waals surface area (Å²) >= 11 is 0. The van der Waals surface area contributed by atoms with Gasteiger partial charge in [0.1, 0.15) is 12.4 Å². The Kier molecular flexibility index (Phi) is 5.87. The zero-order valence-corrected chi connectivity index (χ0v) is 14.6. The molecular formula is C17H18FN3O3S. The number of nitrogens with one attached hydrogen (secondary N) is 1. The molecule has 25 heavy (non-hydrogen) atoms. The third-order valence-corrected chi connectivity index (χ3v) is 4.45. The van der Waals surface area contributed by atoms with E-state index >= 15 is 0 Å². The molecule has 0 bridgehead atoms. The largest absolute Gasteiger partial charge is 0.271 e. The first kappa shape index (κ1) is 18.6. The fourth-order valence-corrected chi connectivity index (χ4v) is 2.89. The average Bonchev–Trinajstić information content (AvgIpc) is 2.54. The summed E-state index contributed by atoms with van der Waals surface area (Å²) in [5, 5.41) is 3.66. The standard InChI is InChI=1S/C17H18FN3O3S/c1-13-7-9-15(10-8-13)21(25(2,23)24)12-17(22)20-19-11-14-5-3-4-6-16(14)18/h3-11H,12H2,1-2H3,(H,20,22)/b19-11-. The molecule has 0 radical (unpaired) electrons. The van der Waals surface area contributed by atoms with Crippen LogP contribution in [0.25, 0.3) is 0 Å². The van der Waals surface area contributed by atoms with Crippen LogP contribution in [-0.4, -0.2) is 33.3 Å². The molecule has 0 saturated heterocycles. The minimum atomic E-state index is -3.65. The maximum Gasteiger partial charge on any atom is 0.260 e. The molecule has 0 fully saturated rings. The first-order valence-electron chi connectivity index (χ1n) is 7.38. The maximum absolute atomic E-state index is 13.4. The van der Waals surface area contributed by atoms with Crippen molar-refractivity contribution in [2.24, 2.45) is 5.10 Å². The number of hydrogen-bond donors (Lipinski definition) is 1. The first-order chi connectivity index (χ1) is 11.8. The van der Waals surface area contributed by atoms with E-state index in [-0.39, 0.29) is 5.56 Å². The summed E-state index contributed by atoms with van der Waals surface area (Å²) in [6, 6.07) is 12.7. The number of aryl methyl sites for hydroxylation is 1. The lowest BCUT2D eigenvalue weighted by molar-refractivity contribution is -0.119. The van der Waals surface area contributed by atoms with Crippen LogP contribution in [0, 0.1) is 12.7 Å². The molecule has 1 N–H and O–H groups in total. The van der Waals surface area contributed by atoms with Gasteiger partial charge in [0.2, 0.25) is 10.0 Å². The van der Waals surface area contributed by atoms with Crippen molar-refractivity contribution in [2.45, 2.75) is 6.92 Å². The van der Waals surface area contributed by atoms with Gasteiger partial charge in [0.15, 0.2) is 0 Å². The molecule has 0 saturated carbocycles. The van der Waals surface area contributed by atoms with E-state index in [1.807, 2.05) is 6.92 Å². The molecule has 0 unspecified atom stereocenters. The van der Waals surface area contributed by atoms with Gasteiger partial charge in [0.25, 0.3) is 5.91 Å². The SMILES string of the molecule is Cc1ccc(N(CC(=O)N/N=C\c2ccccc2F)S(C)(=O)=O)cc1. The van der Waals surface area contributed by atoms with Gasteiger partial charge in [-0.3, -0.25) is 9.10 Å². The number of anilines is 1. The molecule has 2 aromatic carbocycles. The molecule has 0 aliphatic rings. The topological polar surface area (TPSA) is 78.8 Å². The van der Waals surface area contributed by atoms with Crippen molar-refractivity contribution >= 4 is 27.8 Å². The lowest BCUT2D eigenvalue weighted by Crippen LogP contribution is -2.39. The van der Waals surface area contributed by atoms with E-state index in [1.165, 1.54) is 18.2 Å². The predicted molar refractivity (Wildman–Crippen MR) is 95.5 cm³/mol. The number of carbonyl (C=O) groups is 1. The molecule has 132 valence electrons. The number of hydrogen-bond acceptors (Lipinski definition) is 4. The van der Waals surface area contributed by atoms with Crippen molar-refractivity contribution in [1.82, 2.24) is 5.43 Å². The van der Waals surface area contributed by atoms with Gasteiger partial charge in [0.05, 0.1) is 18.2 Å². The van der Waals surface area contributed by atoms with Gasteiger partial charge >= 0.3 is 0 Å². The quantitative estimate of drug-likeness (QED) is 0.630. The van der Waals surface area contributed by atoms with Crippen LogP contribution in [-0.2, 0) is 14.8 Å². The Balaban J connectivity index is 2.07. The van der Waals surface area contributed by atoms with Crippen LogP contribution >= 0.6 is 0 Å². The van der Waals surface area contributed by atoms with E-state index in [0.717, 1.165) is 22.3 Å². The summed E-state index contributed by atoms with van der Waals surface area (Å²) in [6.45, 7) is 1.44. The molecule has 1 amide bonds. The van der Waals surface area contributed by atoms with Gasteiger partial charge in [-0.15, -0.1) is 0 Å². The summed E-state index contributed by atoms with van der Waals surface area (Å²) < 4.78 is 38.3. The minimum absolute atomic E-state index is 0.210. The van der Waals surface area contributed by atoms with Crippen molar-refractivity contribution in [3.8, 4) is 0 Å². The highest BCUT2D eigenvalue weighted by Gasteiger charge is 2.20. The van der Waals surface area contributed by atoms with E-state index in [0.29, 0.717) is 5.69 Å². The molecule has 0 spiro atoms. The highest BCUT2D eigenvalue weighted by molar-refractivity contribution is 7.92. The number of carbonyl (C=O) groups excluding carboxylic acids is 1. The van der Waals surface area contributed by atoms with Crippen molar-refractivity contribution < 1.29 is 17.6 Å². The zero-order chi connectivity index (χ0) is 18.4. The van der Waals surface area contributed by atoms with Crippen LogP contribution in [0.15, 0.2) is 53.6 Å². The normalized spacial score (nSPS) is 11.5. The summed E-state index contributed by atoms with van der Waals surface area (Å²) in [5.74, 6) is -1.11. The van der Waals surface area contributed by atoms with Gasteiger partial charge in [-0.2, -0.15) is 5.10 Å². The van der Waals surface area contributed by atoms with Crippen molar-refractivity contribution in [2.75, 3.05) is 17.1 Å². The van der Waals surface area contributed by atoms with Crippen LogP contribution in [0.4, 0.5) is 10.1 Å². The smallest absolute Gasteiger partial charge is 0.260 e. The Morgan fingerprint density at radius 1 is 1.20 bits per heavy atom. The monoisotopic (exact) mass is 363 g/mol. The maximum atomic E-state index is 13.4. The third kappa shape index (κ3) is 5.39. The fraction of sp³-hybridized carbons (Fsp3) is 0.176. The van der Waals surface area contributed by atoms with Gasteiger partial charge in [-0.05, 0) is 25.1 Å². The summed E-state index contributed by atoms with van der Waals surface area (Å²) in [6.07, 6.45) is 2.17. The van der Waals surface area contributed by atoms with Gasteiger partial charge in [0, 0.05) is 5.56 Å². The summed E-state index contributed by atoms with van der Waals surface area (Å²) in [4.78, 5) is 12.0. The van der Waals surface area contributed by atoms with Crippen LogP contribution in [0.1, 0.15) is 11.1 Å². The lowest BCUT2D eigenvalue weighted by atomic mass is 10.2. The number of hydrazone groups is 1. The second kappa shape index (κ2) is 7.89. The minimum Gasteiger partial charge on any atom is -0.271 e. The van der Waals surface area contributed by atoms with Crippen LogP contribution in [0.2, 0.25) is 0 Å². The van der Waals surface area contributed by atoms with E-state index in [1.54, 1.807) is 30.3 Å². The van der Waals surface area contributed by atoms with Crippen molar-refractivity contribution in [1.29, 1.82) is 0 Å². The van der Waals surface area contributed by atoms with Crippen molar-refractivity contribution in [3.63, 3.8) is 0 Å². The van der Waals surface area contributed by atoms with Gasteiger partial charge in [-0.1, -0.05) is 35.9 Å². The summed E-state index contributed by atoms with van der Waals surface area (Å²) in [5.41, 5.74) is 3.75. The Morgan fingerprint density at radius 2 is 1.84 bits per heavy atom. The van der Waals surface area contributed by atoms with E-state index in [4.69, 9.17) is 0 Å². The number of sulfonamides is 1. The van der Waals surface area contributed by atoms with Gasteiger partial charge in [-0.25, -0.2) is 18.2 Å². The zero-order valence-electron chi connectivity index (χ0n) is 13.8. The fourth-order valence-electron chi connectivity index (χ4n) is 2.03. The Hall–Kier alpha value is -2.74. The highest BCUT2D eigenvalue weighted by Crippen LogP contribution is 2.17. The van der Waals surface area contributed by atoms with E-state index < -0.39 is 28.3 Å². The molecule has 6 nitrogen and oxygen atoms in total. The second-order valence-electron chi connectivity index (χ2n) is 5.42. The molecule has 2 aromatic rings. The molecule has 2 rings (SSSR count). The van der Waals surface area contributed by atoms with Crippen molar-refractivity contribution in [3.05, 3.63) is 65.5 Å². The lowest BCUT2D eigenvalue weighted by Gasteiger charge is -2.21. The number of halogens is 1. The predicted octanol–water partition coefficient (Wildman–Crippen LogP) is 2.05. The highest BCUT2D eigenvalue weighted by atomic mass is 32.2. The number of benzene rings is 2. The van der Waals surface area contributed by atoms with Gasteiger partial charge < -0.3 is 0 Å². The summed E-state index contributed by atoms with van der Waals surface area (Å²) in [7, 11) is -3.65. The van der Waals surface area contributed by atoms with Crippen LogP contribution in [0.3, 0.4) is 0 Å². The number of nitrogens with zero attached hydrogens (tertiary/aromatic N) is 2. The number of amides is 1. The van der Waals surface area contributed by atoms with E-state index in [9.17, 15) is 17.6 Å². The second-order valence-corrected chi connectivity index (χ2v) is 7.33. The Morgan fingerprint density at radius 3 is 2.44 bits per heavy atom. The average molecular weight is 363 g/mol. The molecule has 0 aliphatic heterocycles. The first-order valence-corrected chi connectivity index (χ1v) is 9.23. The van der Waals surface area contributed by atoms with Crippen LogP contribution in [0.5, 0.6) is 0 Å². The molecule has 0 aromatic heterocycles. The van der Waals surface area contributed by atoms with Crippen LogP contribution < -0.4 is 9.73 Å². The Labute approximate surface area is 146 Å². The number of rotatable bonds is 6.